The molecule has 4 heteroatoms. The van der Waals surface area contributed by atoms with E-state index in [1.807, 2.05) is 12.4 Å². The van der Waals surface area contributed by atoms with Crippen molar-refractivity contribution < 1.29 is 0 Å². The van der Waals surface area contributed by atoms with Crippen LogP contribution in [0.5, 0.6) is 0 Å². The van der Waals surface area contributed by atoms with Crippen molar-refractivity contribution in [2.45, 2.75) is 45.6 Å². The Hall–Kier alpha value is -0.450. The summed E-state index contributed by atoms with van der Waals surface area (Å²) < 4.78 is 1.03. The lowest BCUT2D eigenvalue weighted by Gasteiger charge is -2.33. The molecule has 2 unspecified atom stereocenters. The minimum Gasteiger partial charge on any atom is -0.271 e. The molecule has 1 aliphatic rings. The molecular weight excluding hydrogens is 290 g/mol. The SMILES string of the molecule is CC1(C)CCCC1C(Cc1cncc(Br)c1)NN. The van der Waals surface area contributed by atoms with Crippen molar-refractivity contribution in [3.63, 3.8) is 0 Å². The second-order valence-electron chi connectivity index (χ2n) is 5.98. The lowest BCUT2D eigenvalue weighted by atomic mass is 9.76. The predicted molar refractivity (Wildman–Crippen MR) is 77.9 cm³/mol. The summed E-state index contributed by atoms with van der Waals surface area (Å²) in [5, 5.41) is 0. The summed E-state index contributed by atoms with van der Waals surface area (Å²) in [6.07, 6.45) is 8.56. The summed E-state index contributed by atoms with van der Waals surface area (Å²) in [5.41, 5.74) is 4.64. The van der Waals surface area contributed by atoms with Crippen LogP contribution in [0.1, 0.15) is 38.7 Å². The highest BCUT2D eigenvalue weighted by Gasteiger charge is 2.39. The monoisotopic (exact) mass is 311 g/mol. The maximum absolute atomic E-state index is 5.78. The van der Waals surface area contributed by atoms with E-state index >= 15 is 0 Å². The van der Waals surface area contributed by atoms with Crippen molar-refractivity contribution in [1.29, 1.82) is 0 Å². The van der Waals surface area contributed by atoms with E-state index in [1.165, 1.54) is 24.8 Å². The van der Waals surface area contributed by atoms with Crippen LogP contribution in [0.4, 0.5) is 0 Å². The average Bonchev–Trinajstić information content (AvgIpc) is 2.66. The third-order valence-corrected chi connectivity index (χ3v) is 4.69. The smallest absolute Gasteiger partial charge is 0.0410 e. The third-order valence-electron chi connectivity index (χ3n) is 4.26. The molecule has 0 aromatic carbocycles. The largest absolute Gasteiger partial charge is 0.271 e. The molecule has 0 amide bonds. The number of nitrogens with one attached hydrogen (secondary N) is 1. The molecule has 0 spiro atoms. The van der Waals surface area contributed by atoms with E-state index in [0.29, 0.717) is 17.4 Å². The molecule has 1 aromatic heterocycles. The number of hydrazine groups is 1. The maximum Gasteiger partial charge on any atom is 0.0410 e. The van der Waals surface area contributed by atoms with Crippen LogP contribution in [0.2, 0.25) is 0 Å². The van der Waals surface area contributed by atoms with Crippen LogP contribution in [0.3, 0.4) is 0 Å². The Morgan fingerprint density at radius 2 is 2.33 bits per heavy atom. The lowest BCUT2D eigenvalue weighted by molar-refractivity contribution is 0.196. The highest BCUT2D eigenvalue weighted by molar-refractivity contribution is 9.10. The number of nitrogens with zero attached hydrogens (tertiary/aromatic N) is 1. The number of halogens is 1. The van der Waals surface area contributed by atoms with E-state index in [1.54, 1.807) is 0 Å². The Kier molecular flexibility index (Phi) is 4.41. The van der Waals surface area contributed by atoms with Crippen molar-refractivity contribution >= 4 is 15.9 Å². The van der Waals surface area contributed by atoms with Gasteiger partial charge in [0.2, 0.25) is 0 Å². The van der Waals surface area contributed by atoms with E-state index in [2.05, 4.69) is 46.3 Å². The minimum absolute atomic E-state index is 0.332. The molecule has 2 rings (SSSR count). The van der Waals surface area contributed by atoms with E-state index in [0.717, 1.165) is 10.9 Å². The normalized spacial score (nSPS) is 24.1. The molecule has 1 saturated carbocycles. The van der Waals surface area contributed by atoms with Crippen molar-refractivity contribution in [3.05, 3.63) is 28.5 Å². The summed E-state index contributed by atoms with van der Waals surface area (Å²) >= 11 is 3.47. The third kappa shape index (κ3) is 3.11. The summed E-state index contributed by atoms with van der Waals surface area (Å²) in [7, 11) is 0. The van der Waals surface area contributed by atoms with Gasteiger partial charge >= 0.3 is 0 Å². The number of hydrogen-bond donors (Lipinski definition) is 2. The van der Waals surface area contributed by atoms with Crippen molar-refractivity contribution in [3.8, 4) is 0 Å². The second kappa shape index (κ2) is 5.68. The molecule has 2 atom stereocenters. The Bertz CT molecular complexity index is 406. The number of nitrogens with two attached hydrogens (primary N) is 1. The Labute approximate surface area is 118 Å². The van der Waals surface area contributed by atoms with Crippen LogP contribution in [-0.4, -0.2) is 11.0 Å². The molecule has 0 aliphatic heterocycles. The molecule has 1 aliphatic carbocycles. The van der Waals surface area contributed by atoms with E-state index in [9.17, 15) is 0 Å². The molecule has 18 heavy (non-hydrogen) atoms. The first-order chi connectivity index (χ1) is 8.53. The van der Waals surface area contributed by atoms with E-state index in [-0.39, 0.29) is 0 Å². The first-order valence-electron chi connectivity index (χ1n) is 6.58. The fourth-order valence-corrected chi connectivity index (χ4v) is 3.65. The first-order valence-corrected chi connectivity index (χ1v) is 7.38. The quantitative estimate of drug-likeness (QED) is 0.664. The predicted octanol–water partition coefficient (Wildman–Crippen LogP) is 3.04. The van der Waals surface area contributed by atoms with Gasteiger partial charge in [-0.1, -0.05) is 20.3 Å². The van der Waals surface area contributed by atoms with Gasteiger partial charge in [0.15, 0.2) is 0 Å². The van der Waals surface area contributed by atoms with Gasteiger partial charge in [-0.05, 0) is 58.2 Å². The second-order valence-corrected chi connectivity index (χ2v) is 6.89. The molecule has 1 aromatic rings. The van der Waals surface area contributed by atoms with Gasteiger partial charge in [-0.25, -0.2) is 0 Å². The molecule has 0 saturated heterocycles. The molecule has 0 radical (unpaired) electrons. The molecule has 0 bridgehead atoms. The summed E-state index contributed by atoms with van der Waals surface area (Å²) in [4.78, 5) is 4.22. The first kappa shape index (κ1) is 14.0. The Morgan fingerprint density at radius 3 is 2.89 bits per heavy atom. The van der Waals surface area contributed by atoms with E-state index in [4.69, 9.17) is 5.84 Å². The van der Waals surface area contributed by atoms with Crippen molar-refractivity contribution in [2.75, 3.05) is 0 Å². The Balaban J connectivity index is 2.10. The van der Waals surface area contributed by atoms with Crippen LogP contribution in [-0.2, 0) is 6.42 Å². The summed E-state index contributed by atoms with van der Waals surface area (Å²) in [6, 6.07) is 2.46. The van der Waals surface area contributed by atoms with Gasteiger partial charge in [0.1, 0.15) is 0 Å². The van der Waals surface area contributed by atoms with Crippen LogP contribution in [0.15, 0.2) is 22.9 Å². The fourth-order valence-electron chi connectivity index (χ4n) is 3.24. The number of hydrogen-bond acceptors (Lipinski definition) is 3. The zero-order valence-electron chi connectivity index (χ0n) is 11.1. The average molecular weight is 312 g/mol. The van der Waals surface area contributed by atoms with Gasteiger partial charge in [-0.3, -0.25) is 16.3 Å². The van der Waals surface area contributed by atoms with Gasteiger partial charge in [0, 0.05) is 22.9 Å². The molecule has 1 heterocycles. The maximum atomic E-state index is 5.78. The number of aromatic nitrogens is 1. The summed E-state index contributed by atoms with van der Waals surface area (Å²) in [6.45, 7) is 4.71. The van der Waals surface area contributed by atoms with Crippen molar-refractivity contribution in [1.82, 2.24) is 10.4 Å². The lowest BCUT2D eigenvalue weighted by Crippen LogP contribution is -2.45. The highest BCUT2D eigenvalue weighted by atomic mass is 79.9. The standard InChI is InChI=1S/C14H22BrN3/c1-14(2)5-3-4-12(14)13(18-16)7-10-6-11(15)9-17-8-10/h6,8-9,12-13,18H,3-5,7,16H2,1-2H3. The van der Waals surface area contributed by atoms with Gasteiger partial charge in [0.25, 0.3) is 0 Å². The molecule has 100 valence electrons. The Morgan fingerprint density at radius 1 is 1.56 bits per heavy atom. The van der Waals surface area contributed by atoms with Gasteiger partial charge < -0.3 is 0 Å². The molecule has 3 N–H and O–H groups in total. The van der Waals surface area contributed by atoms with Crippen LogP contribution < -0.4 is 11.3 Å². The van der Waals surface area contributed by atoms with Crippen LogP contribution in [0.25, 0.3) is 0 Å². The van der Waals surface area contributed by atoms with Crippen LogP contribution in [0, 0.1) is 11.3 Å². The minimum atomic E-state index is 0.332. The number of rotatable bonds is 4. The zero-order chi connectivity index (χ0) is 13.2. The molecular formula is C14H22BrN3. The zero-order valence-corrected chi connectivity index (χ0v) is 12.7. The number of pyridine rings is 1. The topological polar surface area (TPSA) is 50.9 Å². The van der Waals surface area contributed by atoms with E-state index < -0.39 is 0 Å². The fraction of sp³-hybridized carbons (Fsp3) is 0.643. The van der Waals surface area contributed by atoms with Crippen LogP contribution >= 0.6 is 15.9 Å². The van der Waals surface area contributed by atoms with Gasteiger partial charge in [0.05, 0.1) is 0 Å². The highest BCUT2D eigenvalue weighted by Crippen LogP contribution is 2.44. The molecule has 1 fully saturated rings. The molecule has 3 nitrogen and oxygen atoms in total. The van der Waals surface area contributed by atoms with Crippen molar-refractivity contribution in [2.24, 2.45) is 17.2 Å². The summed E-state index contributed by atoms with van der Waals surface area (Å²) in [5.74, 6) is 6.42. The van der Waals surface area contributed by atoms with Gasteiger partial charge in [-0.2, -0.15) is 0 Å². The van der Waals surface area contributed by atoms with Gasteiger partial charge in [-0.15, -0.1) is 0 Å².